The molecular formula is C32H63IO7Si3. The third-order valence-electron chi connectivity index (χ3n) is 10.7. The SMILES string of the molecule is COC(=O)C[C@H]1CC[C@@H]2O[C@@H]([C@@H](/C=C/I)O[Si](C)(C)C(C)(C)C)[C@@H](O[Si](C)(C)C(C)(C)C)[C@@H](O[Si](C)(C)C(C)(C)C)[C@H]2O1. The Morgan fingerprint density at radius 3 is 1.74 bits per heavy atom. The van der Waals surface area contributed by atoms with Gasteiger partial charge in [-0.3, -0.25) is 4.79 Å². The van der Waals surface area contributed by atoms with E-state index < -0.39 is 31.1 Å². The fraction of sp³-hybridized carbons (Fsp3) is 0.906. The number of carbonyl (C=O) groups excluding carboxylic acids is 1. The first-order valence-corrected chi connectivity index (χ1v) is 25.9. The zero-order chi connectivity index (χ0) is 33.4. The number of rotatable bonds is 10. The van der Waals surface area contributed by atoms with Crippen molar-refractivity contribution >= 4 is 53.5 Å². The molecule has 0 spiro atoms. The van der Waals surface area contributed by atoms with Crippen LogP contribution in [0, 0.1) is 0 Å². The summed E-state index contributed by atoms with van der Waals surface area (Å²) < 4.78 is 42.8. The largest absolute Gasteiger partial charge is 0.469 e. The second kappa shape index (κ2) is 14.2. The quantitative estimate of drug-likeness (QED) is 0.125. The molecule has 2 aliphatic rings. The summed E-state index contributed by atoms with van der Waals surface area (Å²) in [6.45, 7) is 34.1. The summed E-state index contributed by atoms with van der Waals surface area (Å²) in [5.41, 5.74) is 0. The molecule has 0 aromatic rings. The number of methoxy groups -OCH3 is 1. The maximum Gasteiger partial charge on any atom is 0.308 e. The average Bonchev–Trinajstić information content (AvgIpc) is 2.82. The molecule has 0 radical (unpaired) electrons. The van der Waals surface area contributed by atoms with Crippen LogP contribution in [0.1, 0.15) is 81.6 Å². The van der Waals surface area contributed by atoms with Gasteiger partial charge >= 0.3 is 5.97 Å². The minimum atomic E-state index is -2.31. The number of ether oxygens (including phenoxy) is 3. The lowest BCUT2D eigenvalue weighted by Gasteiger charge is -2.56. The number of fused-ring (bicyclic) bond motifs is 1. The van der Waals surface area contributed by atoms with Crippen molar-refractivity contribution in [2.24, 2.45) is 0 Å². The van der Waals surface area contributed by atoms with Crippen LogP contribution >= 0.6 is 22.6 Å². The Hall–Kier alpha value is 0.391. The van der Waals surface area contributed by atoms with Crippen LogP contribution in [0.3, 0.4) is 0 Å². The van der Waals surface area contributed by atoms with Gasteiger partial charge in [0.2, 0.25) is 0 Å². The van der Waals surface area contributed by atoms with Crippen LogP contribution in [0.2, 0.25) is 54.4 Å². The second-order valence-corrected chi connectivity index (χ2v) is 32.1. The number of hydrogen-bond donors (Lipinski definition) is 0. The standard InChI is InChI=1S/C32H63IO7Si3/c1-30(2,3)41(11,12)38-24(19-20-33)27-29(40-43(15,16)32(7,8)9)28(39-42(13,14)31(4,5)6)26-23(37-27)18-17-22(36-26)21-25(34)35-10/h19-20,22-24,26-29H,17-18,21H2,1-16H3/b20-19+/t22-,23+,24-,26+,27+,28+,29-/m1/s1. The van der Waals surface area contributed by atoms with E-state index in [0.717, 1.165) is 12.8 Å². The maximum absolute atomic E-state index is 12.3. The summed E-state index contributed by atoms with van der Waals surface area (Å²) >= 11 is 2.29. The van der Waals surface area contributed by atoms with Crippen molar-refractivity contribution in [1.82, 2.24) is 0 Å². The molecule has 7 atom stereocenters. The molecule has 0 bridgehead atoms. The molecule has 7 nitrogen and oxygen atoms in total. The van der Waals surface area contributed by atoms with Crippen LogP contribution in [0.25, 0.3) is 0 Å². The van der Waals surface area contributed by atoms with Crippen molar-refractivity contribution < 1.29 is 32.3 Å². The summed E-state index contributed by atoms with van der Waals surface area (Å²) in [5.74, 6) is -0.260. The lowest BCUT2D eigenvalue weighted by atomic mass is 9.87. The molecule has 43 heavy (non-hydrogen) atoms. The highest BCUT2D eigenvalue weighted by Gasteiger charge is 2.57. The predicted molar refractivity (Wildman–Crippen MR) is 193 cm³/mol. The fourth-order valence-corrected chi connectivity index (χ4v) is 9.03. The van der Waals surface area contributed by atoms with Crippen molar-refractivity contribution in [2.75, 3.05) is 7.11 Å². The Kier molecular flexibility index (Phi) is 13.1. The zero-order valence-electron chi connectivity index (χ0n) is 30.1. The van der Waals surface area contributed by atoms with Crippen LogP contribution in [0.4, 0.5) is 0 Å². The molecule has 0 aromatic carbocycles. The van der Waals surface area contributed by atoms with E-state index in [-0.39, 0.29) is 64.1 Å². The molecule has 2 heterocycles. The van der Waals surface area contributed by atoms with Gasteiger partial charge in [-0.05, 0) is 77.4 Å². The highest BCUT2D eigenvalue weighted by molar-refractivity contribution is 14.1. The topological polar surface area (TPSA) is 72.5 Å². The van der Waals surface area contributed by atoms with Gasteiger partial charge in [-0.2, -0.15) is 0 Å². The Labute approximate surface area is 280 Å². The molecule has 252 valence electrons. The molecule has 2 saturated heterocycles. The molecular weight excluding hydrogens is 708 g/mol. The van der Waals surface area contributed by atoms with Gasteiger partial charge < -0.3 is 27.5 Å². The summed E-state index contributed by atoms with van der Waals surface area (Å²) in [4.78, 5) is 12.3. The summed E-state index contributed by atoms with van der Waals surface area (Å²) in [7, 11) is -5.36. The summed E-state index contributed by atoms with van der Waals surface area (Å²) in [6.07, 6.45) is 1.61. The lowest BCUT2D eigenvalue weighted by molar-refractivity contribution is -0.266. The summed E-state index contributed by atoms with van der Waals surface area (Å²) in [6, 6.07) is 0. The maximum atomic E-state index is 12.3. The van der Waals surface area contributed by atoms with Gasteiger partial charge in [-0.15, -0.1) is 0 Å². The van der Waals surface area contributed by atoms with Gasteiger partial charge in [0.25, 0.3) is 0 Å². The molecule has 0 aromatic heterocycles. The van der Waals surface area contributed by atoms with E-state index in [4.69, 9.17) is 27.5 Å². The van der Waals surface area contributed by atoms with Gasteiger partial charge in [0.1, 0.15) is 24.4 Å². The summed E-state index contributed by atoms with van der Waals surface area (Å²) in [5, 5.41) is -0.00778. The van der Waals surface area contributed by atoms with Crippen molar-refractivity contribution in [3.05, 3.63) is 10.2 Å². The van der Waals surface area contributed by atoms with E-state index in [2.05, 4.69) is 130 Å². The Morgan fingerprint density at radius 1 is 0.814 bits per heavy atom. The monoisotopic (exact) mass is 770 g/mol. The van der Waals surface area contributed by atoms with Crippen LogP contribution in [0.5, 0.6) is 0 Å². The first-order valence-electron chi connectivity index (χ1n) is 16.0. The normalized spacial score (nSPS) is 29.0. The minimum Gasteiger partial charge on any atom is -0.469 e. The minimum absolute atomic E-state index is 0.0168. The van der Waals surface area contributed by atoms with Gasteiger partial charge in [0.15, 0.2) is 25.0 Å². The van der Waals surface area contributed by atoms with E-state index >= 15 is 0 Å². The molecule has 2 rings (SSSR count). The van der Waals surface area contributed by atoms with Crippen molar-refractivity contribution in [2.45, 2.75) is 179 Å². The third-order valence-corrected chi connectivity index (χ3v) is 24.5. The van der Waals surface area contributed by atoms with Gasteiger partial charge in [-0.1, -0.05) is 84.9 Å². The van der Waals surface area contributed by atoms with Crippen molar-refractivity contribution in [3.8, 4) is 0 Å². The van der Waals surface area contributed by atoms with Gasteiger partial charge in [0, 0.05) is 0 Å². The van der Waals surface area contributed by atoms with E-state index in [1.807, 2.05) is 4.08 Å². The molecule has 0 amide bonds. The van der Waals surface area contributed by atoms with Crippen LogP contribution in [-0.2, 0) is 32.3 Å². The molecule has 11 heteroatoms. The first-order chi connectivity index (χ1) is 19.3. The van der Waals surface area contributed by atoms with Crippen LogP contribution in [0.15, 0.2) is 10.2 Å². The molecule has 0 saturated carbocycles. The highest BCUT2D eigenvalue weighted by atomic mass is 127. The molecule has 0 N–H and O–H groups in total. The Bertz CT molecular complexity index is 965. The molecule has 0 unspecified atom stereocenters. The molecule has 2 fully saturated rings. The second-order valence-electron chi connectivity index (χ2n) is 17.1. The zero-order valence-corrected chi connectivity index (χ0v) is 35.2. The first kappa shape index (κ1) is 39.6. The van der Waals surface area contributed by atoms with E-state index in [1.165, 1.54) is 7.11 Å². The number of esters is 1. The predicted octanol–water partition coefficient (Wildman–Crippen LogP) is 8.98. The van der Waals surface area contributed by atoms with Crippen LogP contribution in [-0.4, -0.2) is 80.8 Å². The van der Waals surface area contributed by atoms with Crippen molar-refractivity contribution in [3.63, 3.8) is 0 Å². The molecule has 2 aliphatic heterocycles. The number of hydrogen-bond acceptors (Lipinski definition) is 7. The Morgan fingerprint density at radius 2 is 1.30 bits per heavy atom. The van der Waals surface area contributed by atoms with Crippen LogP contribution < -0.4 is 0 Å². The molecule has 0 aliphatic carbocycles. The van der Waals surface area contributed by atoms with Gasteiger partial charge in [0.05, 0.1) is 31.8 Å². The fourth-order valence-electron chi connectivity index (χ4n) is 4.77. The lowest BCUT2D eigenvalue weighted by Crippen LogP contribution is -2.69. The smallest absolute Gasteiger partial charge is 0.308 e. The average molecular weight is 771 g/mol. The van der Waals surface area contributed by atoms with E-state index in [0.29, 0.717) is 0 Å². The highest BCUT2D eigenvalue weighted by Crippen LogP contribution is 2.47. The Balaban J connectivity index is 2.73. The third kappa shape index (κ3) is 9.71. The van der Waals surface area contributed by atoms with Gasteiger partial charge in [-0.25, -0.2) is 0 Å². The van der Waals surface area contributed by atoms with E-state index in [9.17, 15) is 4.79 Å². The van der Waals surface area contributed by atoms with Crippen molar-refractivity contribution in [1.29, 1.82) is 0 Å². The number of halogens is 1. The van der Waals surface area contributed by atoms with E-state index in [1.54, 1.807) is 0 Å². The number of carbonyl (C=O) groups is 1.